The molecule has 3 aromatic rings. The Balaban J connectivity index is 1.82. The van der Waals surface area contributed by atoms with Crippen molar-refractivity contribution in [2.45, 2.75) is 58.2 Å². The Morgan fingerprint density at radius 3 is 2.88 bits per heavy atom. The SMILES string of the molecule is CCCCn1c(SCCCc2cn[nH]c2)nc2sc(C)c(C)c2c1=O. The molecule has 1 N–H and O–H groups in total. The first-order valence-electron chi connectivity index (χ1n) is 8.72. The van der Waals surface area contributed by atoms with E-state index in [0.29, 0.717) is 0 Å². The summed E-state index contributed by atoms with van der Waals surface area (Å²) in [5, 5.41) is 8.48. The molecule has 3 heterocycles. The highest BCUT2D eigenvalue weighted by Crippen LogP contribution is 2.28. The number of unbranched alkanes of at least 4 members (excludes halogenated alkanes) is 1. The second-order valence-corrected chi connectivity index (χ2v) is 8.49. The molecule has 5 nitrogen and oxygen atoms in total. The van der Waals surface area contributed by atoms with Gasteiger partial charge in [-0.25, -0.2) is 4.98 Å². The molecule has 25 heavy (non-hydrogen) atoms. The second-order valence-electron chi connectivity index (χ2n) is 6.23. The van der Waals surface area contributed by atoms with Crippen LogP contribution in [-0.4, -0.2) is 25.5 Å². The van der Waals surface area contributed by atoms with Gasteiger partial charge in [-0.2, -0.15) is 5.10 Å². The Kier molecular flexibility index (Phi) is 5.96. The van der Waals surface area contributed by atoms with Gasteiger partial charge < -0.3 is 0 Å². The Hall–Kier alpha value is -1.60. The van der Waals surface area contributed by atoms with Crippen molar-refractivity contribution in [3.05, 3.63) is 38.8 Å². The number of nitrogens with zero attached hydrogens (tertiary/aromatic N) is 3. The fourth-order valence-corrected chi connectivity index (χ4v) is 4.82. The Bertz CT molecular complexity index is 896. The van der Waals surface area contributed by atoms with Crippen molar-refractivity contribution in [3.63, 3.8) is 0 Å². The van der Waals surface area contributed by atoms with Gasteiger partial charge >= 0.3 is 0 Å². The van der Waals surface area contributed by atoms with Gasteiger partial charge in [-0.15, -0.1) is 11.3 Å². The van der Waals surface area contributed by atoms with Crippen LogP contribution < -0.4 is 5.56 Å². The smallest absolute Gasteiger partial charge is 0.263 e. The minimum atomic E-state index is 0.123. The first-order chi connectivity index (χ1) is 12.1. The average molecular weight is 377 g/mol. The maximum atomic E-state index is 13.0. The van der Waals surface area contributed by atoms with Crippen molar-refractivity contribution in [1.29, 1.82) is 0 Å². The Labute approximate surface area is 155 Å². The summed E-state index contributed by atoms with van der Waals surface area (Å²) in [7, 11) is 0. The zero-order valence-electron chi connectivity index (χ0n) is 15.0. The van der Waals surface area contributed by atoms with Gasteiger partial charge in [-0.1, -0.05) is 25.1 Å². The molecule has 0 radical (unpaired) electrons. The number of fused-ring (bicyclic) bond motifs is 1. The topological polar surface area (TPSA) is 63.6 Å². The predicted molar refractivity (Wildman–Crippen MR) is 106 cm³/mol. The lowest BCUT2D eigenvalue weighted by molar-refractivity contribution is 0.558. The highest BCUT2D eigenvalue weighted by Gasteiger charge is 2.16. The maximum Gasteiger partial charge on any atom is 0.263 e. The van der Waals surface area contributed by atoms with Gasteiger partial charge in [0.05, 0.1) is 11.6 Å². The summed E-state index contributed by atoms with van der Waals surface area (Å²) in [5.74, 6) is 0.943. The molecule has 0 fully saturated rings. The molecule has 134 valence electrons. The third-order valence-corrected chi connectivity index (χ3v) is 6.55. The van der Waals surface area contributed by atoms with E-state index in [1.165, 1.54) is 10.4 Å². The zero-order chi connectivity index (χ0) is 17.8. The van der Waals surface area contributed by atoms with Crippen LogP contribution in [-0.2, 0) is 13.0 Å². The van der Waals surface area contributed by atoms with Gasteiger partial charge in [-0.3, -0.25) is 14.5 Å². The molecule has 3 rings (SSSR count). The normalized spacial score (nSPS) is 11.5. The van der Waals surface area contributed by atoms with Gasteiger partial charge in [0.25, 0.3) is 5.56 Å². The van der Waals surface area contributed by atoms with Gasteiger partial charge in [0.1, 0.15) is 4.83 Å². The van der Waals surface area contributed by atoms with Crippen molar-refractivity contribution >= 4 is 33.3 Å². The summed E-state index contributed by atoms with van der Waals surface area (Å²) < 4.78 is 1.88. The summed E-state index contributed by atoms with van der Waals surface area (Å²) >= 11 is 3.32. The number of H-pyrrole nitrogens is 1. The van der Waals surface area contributed by atoms with Crippen LogP contribution in [0.2, 0.25) is 0 Å². The molecule has 0 amide bonds. The van der Waals surface area contributed by atoms with E-state index in [0.717, 1.165) is 58.9 Å². The molecule has 0 saturated heterocycles. The third-order valence-electron chi connectivity index (χ3n) is 4.38. The van der Waals surface area contributed by atoms with Gasteiger partial charge in [0.15, 0.2) is 5.16 Å². The number of aromatic amines is 1. The van der Waals surface area contributed by atoms with E-state index in [-0.39, 0.29) is 5.56 Å². The summed E-state index contributed by atoms with van der Waals surface area (Å²) in [6.45, 7) is 6.99. The predicted octanol–water partition coefficient (Wildman–Crippen LogP) is 4.32. The highest BCUT2D eigenvalue weighted by molar-refractivity contribution is 7.99. The lowest BCUT2D eigenvalue weighted by Crippen LogP contribution is -2.23. The van der Waals surface area contributed by atoms with E-state index in [1.807, 2.05) is 23.9 Å². The molecule has 0 atom stereocenters. The fraction of sp³-hybridized carbons (Fsp3) is 0.500. The van der Waals surface area contributed by atoms with Crippen LogP contribution in [0.3, 0.4) is 0 Å². The van der Waals surface area contributed by atoms with E-state index in [4.69, 9.17) is 4.98 Å². The van der Waals surface area contributed by atoms with Crippen molar-refractivity contribution in [2.24, 2.45) is 0 Å². The Morgan fingerprint density at radius 1 is 1.32 bits per heavy atom. The number of rotatable bonds is 8. The van der Waals surface area contributed by atoms with E-state index < -0.39 is 0 Å². The number of thiophene rings is 1. The van der Waals surface area contributed by atoms with Crippen molar-refractivity contribution in [2.75, 3.05) is 5.75 Å². The molecule has 0 aliphatic heterocycles. The number of hydrogen-bond acceptors (Lipinski definition) is 5. The molecule has 0 aliphatic carbocycles. The third kappa shape index (κ3) is 3.98. The maximum absolute atomic E-state index is 13.0. The molecule has 0 saturated carbocycles. The van der Waals surface area contributed by atoms with Crippen LogP contribution in [0.15, 0.2) is 22.3 Å². The lowest BCUT2D eigenvalue weighted by Gasteiger charge is -2.11. The molecule has 0 aromatic carbocycles. The van der Waals surface area contributed by atoms with Crippen molar-refractivity contribution < 1.29 is 0 Å². The number of aryl methyl sites for hydroxylation is 3. The van der Waals surface area contributed by atoms with Gasteiger partial charge in [0, 0.05) is 23.4 Å². The van der Waals surface area contributed by atoms with Crippen LogP contribution in [0.1, 0.15) is 42.2 Å². The number of nitrogens with one attached hydrogen (secondary N) is 1. The van der Waals surface area contributed by atoms with E-state index in [1.54, 1.807) is 23.1 Å². The van der Waals surface area contributed by atoms with Gasteiger partial charge in [-0.05, 0) is 44.2 Å². The molecular weight excluding hydrogens is 352 g/mol. The summed E-state index contributed by atoms with van der Waals surface area (Å²) in [4.78, 5) is 19.9. The molecule has 3 aromatic heterocycles. The monoisotopic (exact) mass is 376 g/mol. The summed E-state index contributed by atoms with van der Waals surface area (Å²) in [6, 6.07) is 0. The summed E-state index contributed by atoms with van der Waals surface area (Å²) in [6.07, 6.45) is 7.89. The minimum absolute atomic E-state index is 0.123. The van der Waals surface area contributed by atoms with Crippen LogP contribution in [0.4, 0.5) is 0 Å². The van der Waals surface area contributed by atoms with Gasteiger partial charge in [0.2, 0.25) is 0 Å². The largest absolute Gasteiger partial charge is 0.287 e. The molecule has 0 aliphatic rings. The summed E-state index contributed by atoms with van der Waals surface area (Å²) in [5.41, 5.74) is 2.42. The van der Waals surface area contributed by atoms with Crippen LogP contribution in [0.25, 0.3) is 10.2 Å². The highest BCUT2D eigenvalue weighted by atomic mass is 32.2. The first kappa shape index (κ1) is 18.2. The first-order valence-corrected chi connectivity index (χ1v) is 10.5. The van der Waals surface area contributed by atoms with Crippen LogP contribution >= 0.6 is 23.1 Å². The van der Waals surface area contributed by atoms with Crippen LogP contribution in [0.5, 0.6) is 0 Å². The number of aromatic nitrogens is 4. The average Bonchev–Trinajstić information content (AvgIpc) is 3.20. The second kappa shape index (κ2) is 8.19. The zero-order valence-corrected chi connectivity index (χ0v) is 16.6. The molecule has 0 bridgehead atoms. The van der Waals surface area contributed by atoms with E-state index in [9.17, 15) is 4.79 Å². The molecule has 7 heteroatoms. The Morgan fingerprint density at radius 2 is 2.16 bits per heavy atom. The van der Waals surface area contributed by atoms with Crippen LogP contribution in [0, 0.1) is 13.8 Å². The quantitative estimate of drug-likeness (QED) is 0.361. The fourth-order valence-electron chi connectivity index (χ4n) is 2.79. The molecule has 0 unspecified atom stereocenters. The van der Waals surface area contributed by atoms with Crippen molar-refractivity contribution in [1.82, 2.24) is 19.7 Å². The van der Waals surface area contributed by atoms with Crippen molar-refractivity contribution in [3.8, 4) is 0 Å². The standard InChI is InChI=1S/C18H24N4OS2/c1-4-5-8-22-17(23)15-12(2)13(3)25-16(15)21-18(22)24-9-6-7-14-10-19-20-11-14/h10-11H,4-9H2,1-3H3,(H,19,20). The molecular formula is C18H24N4OS2. The number of thioether (sulfide) groups is 1. The minimum Gasteiger partial charge on any atom is -0.287 e. The lowest BCUT2D eigenvalue weighted by atomic mass is 10.2. The van der Waals surface area contributed by atoms with E-state index >= 15 is 0 Å². The number of hydrogen-bond donors (Lipinski definition) is 1. The van der Waals surface area contributed by atoms with E-state index in [2.05, 4.69) is 24.0 Å². The molecule has 0 spiro atoms.